The molecule has 1 aliphatic heterocycles. The molecular weight excluding hydrogens is 467 g/mol. The molecule has 0 radical (unpaired) electrons. The van der Waals surface area contributed by atoms with E-state index < -0.39 is 12.0 Å². The van der Waals surface area contributed by atoms with Gasteiger partial charge in [0.05, 0.1) is 17.3 Å². The number of nitrogens with one attached hydrogen (secondary N) is 1. The number of rotatable bonds is 8. The standard InChI is InChI=1S/C18H21IN2O6/c1-4-6-21-17(23)13(20-18(21)24)8-11-7-12(19)16(14(9-11)25-3)27-10-15(22)26-5-2/h7-9H,4-6,10H2,1-3H3,(H,20,24)/b13-8+. The fraction of sp³-hybridized carbons (Fsp3) is 0.389. The average molecular weight is 488 g/mol. The van der Waals surface area contributed by atoms with E-state index in [0.29, 0.717) is 33.6 Å². The molecule has 0 atom stereocenters. The summed E-state index contributed by atoms with van der Waals surface area (Å²) in [6.07, 6.45) is 2.26. The van der Waals surface area contributed by atoms with E-state index in [1.165, 1.54) is 12.0 Å². The van der Waals surface area contributed by atoms with Crippen molar-refractivity contribution in [3.8, 4) is 11.5 Å². The molecule has 0 spiro atoms. The predicted octanol–water partition coefficient (Wildman–Crippen LogP) is 2.54. The fourth-order valence-corrected chi connectivity index (χ4v) is 3.24. The molecular formula is C18H21IN2O6. The fourth-order valence-electron chi connectivity index (χ4n) is 2.46. The SMILES string of the molecule is CCCN1C(=O)N/C(=C/c2cc(I)c(OCC(=O)OCC)c(OC)c2)C1=O. The molecule has 146 valence electrons. The van der Waals surface area contributed by atoms with Gasteiger partial charge < -0.3 is 19.5 Å². The summed E-state index contributed by atoms with van der Waals surface area (Å²) in [6.45, 7) is 4.02. The van der Waals surface area contributed by atoms with E-state index in [4.69, 9.17) is 14.2 Å². The van der Waals surface area contributed by atoms with Gasteiger partial charge in [-0.25, -0.2) is 9.59 Å². The summed E-state index contributed by atoms with van der Waals surface area (Å²) >= 11 is 2.05. The number of nitrogens with zero attached hydrogens (tertiary/aromatic N) is 1. The van der Waals surface area contributed by atoms with E-state index in [1.807, 2.05) is 29.5 Å². The molecule has 1 aromatic rings. The molecule has 0 unspecified atom stereocenters. The van der Waals surface area contributed by atoms with E-state index in [2.05, 4.69) is 5.32 Å². The largest absolute Gasteiger partial charge is 0.493 e. The Morgan fingerprint density at radius 3 is 2.67 bits per heavy atom. The van der Waals surface area contributed by atoms with Crippen molar-refractivity contribution in [1.82, 2.24) is 10.2 Å². The highest BCUT2D eigenvalue weighted by Gasteiger charge is 2.32. The molecule has 0 bridgehead atoms. The van der Waals surface area contributed by atoms with Crippen LogP contribution >= 0.6 is 22.6 Å². The second-order valence-electron chi connectivity index (χ2n) is 5.57. The lowest BCUT2D eigenvalue weighted by atomic mass is 10.1. The first kappa shape index (κ1) is 21.0. The van der Waals surface area contributed by atoms with Gasteiger partial charge in [-0.1, -0.05) is 6.92 Å². The molecule has 1 heterocycles. The normalized spacial score (nSPS) is 15.1. The van der Waals surface area contributed by atoms with Crippen molar-refractivity contribution in [1.29, 1.82) is 0 Å². The molecule has 3 amide bonds. The average Bonchev–Trinajstić information content (AvgIpc) is 2.88. The maximum absolute atomic E-state index is 12.3. The molecule has 1 N–H and O–H groups in total. The summed E-state index contributed by atoms with van der Waals surface area (Å²) in [5.74, 6) is -0.0294. The highest BCUT2D eigenvalue weighted by atomic mass is 127. The van der Waals surface area contributed by atoms with Gasteiger partial charge in [0.15, 0.2) is 18.1 Å². The lowest BCUT2D eigenvalue weighted by Crippen LogP contribution is -2.31. The van der Waals surface area contributed by atoms with Crippen LogP contribution < -0.4 is 14.8 Å². The topological polar surface area (TPSA) is 94.2 Å². The van der Waals surface area contributed by atoms with Crippen LogP contribution in [-0.2, 0) is 14.3 Å². The van der Waals surface area contributed by atoms with Gasteiger partial charge in [0.2, 0.25) is 0 Å². The Morgan fingerprint density at radius 1 is 1.30 bits per heavy atom. The maximum Gasteiger partial charge on any atom is 0.344 e. The summed E-state index contributed by atoms with van der Waals surface area (Å²) in [4.78, 5) is 36.9. The summed E-state index contributed by atoms with van der Waals surface area (Å²) in [5.41, 5.74) is 0.855. The molecule has 1 fully saturated rings. The van der Waals surface area contributed by atoms with Gasteiger partial charge in [-0.3, -0.25) is 9.69 Å². The molecule has 27 heavy (non-hydrogen) atoms. The third kappa shape index (κ3) is 5.12. The van der Waals surface area contributed by atoms with Crippen LogP contribution in [0.5, 0.6) is 11.5 Å². The third-order valence-corrected chi connectivity index (χ3v) is 4.41. The Kier molecular flexibility index (Phi) is 7.45. The molecule has 0 aliphatic carbocycles. The van der Waals surface area contributed by atoms with Crippen molar-refractivity contribution in [3.05, 3.63) is 27.0 Å². The first-order chi connectivity index (χ1) is 12.9. The Hall–Kier alpha value is -2.30. The van der Waals surface area contributed by atoms with E-state index in [9.17, 15) is 14.4 Å². The number of ether oxygens (including phenoxy) is 3. The van der Waals surface area contributed by atoms with Gasteiger partial charge in [0, 0.05) is 6.54 Å². The molecule has 2 rings (SSSR count). The van der Waals surface area contributed by atoms with Crippen LogP contribution in [0.3, 0.4) is 0 Å². The van der Waals surface area contributed by atoms with Crippen LogP contribution in [0.15, 0.2) is 17.8 Å². The number of esters is 1. The number of hydrogen-bond donors (Lipinski definition) is 1. The van der Waals surface area contributed by atoms with E-state index >= 15 is 0 Å². The summed E-state index contributed by atoms with van der Waals surface area (Å²) in [5, 5.41) is 2.58. The smallest absolute Gasteiger partial charge is 0.344 e. The Bertz CT molecular complexity index is 777. The number of methoxy groups -OCH3 is 1. The predicted molar refractivity (Wildman–Crippen MR) is 106 cm³/mol. The van der Waals surface area contributed by atoms with Crippen molar-refractivity contribution in [3.63, 3.8) is 0 Å². The van der Waals surface area contributed by atoms with E-state index in [1.54, 1.807) is 25.1 Å². The van der Waals surface area contributed by atoms with Crippen molar-refractivity contribution in [2.45, 2.75) is 20.3 Å². The highest BCUT2D eigenvalue weighted by Crippen LogP contribution is 2.34. The summed E-state index contributed by atoms with van der Waals surface area (Å²) < 4.78 is 16.4. The number of imide groups is 1. The minimum absolute atomic E-state index is 0.200. The van der Waals surface area contributed by atoms with Crippen LogP contribution in [-0.4, -0.2) is 49.7 Å². The van der Waals surface area contributed by atoms with Crippen LogP contribution in [0.1, 0.15) is 25.8 Å². The van der Waals surface area contributed by atoms with Crippen molar-refractivity contribution >= 4 is 46.6 Å². The number of hydrogen-bond acceptors (Lipinski definition) is 6. The first-order valence-corrected chi connectivity index (χ1v) is 9.49. The third-order valence-electron chi connectivity index (χ3n) is 3.61. The number of urea groups is 1. The molecule has 9 heteroatoms. The number of carbonyl (C=O) groups is 3. The van der Waals surface area contributed by atoms with Gasteiger partial charge in [-0.05, 0) is 59.7 Å². The number of carbonyl (C=O) groups excluding carboxylic acids is 3. The van der Waals surface area contributed by atoms with E-state index in [-0.39, 0.29) is 24.8 Å². The minimum Gasteiger partial charge on any atom is -0.493 e. The van der Waals surface area contributed by atoms with Crippen molar-refractivity contribution in [2.24, 2.45) is 0 Å². The van der Waals surface area contributed by atoms with Gasteiger partial charge in [-0.2, -0.15) is 0 Å². The second kappa shape index (κ2) is 9.58. The minimum atomic E-state index is -0.475. The molecule has 1 aliphatic rings. The Labute approximate surface area is 171 Å². The van der Waals surface area contributed by atoms with Crippen LogP contribution in [0.2, 0.25) is 0 Å². The van der Waals surface area contributed by atoms with Gasteiger partial charge >= 0.3 is 12.0 Å². The van der Waals surface area contributed by atoms with Crippen LogP contribution in [0.4, 0.5) is 4.79 Å². The first-order valence-electron chi connectivity index (χ1n) is 8.41. The summed E-state index contributed by atoms with van der Waals surface area (Å²) in [6, 6.07) is 3.00. The zero-order valence-corrected chi connectivity index (χ0v) is 17.5. The van der Waals surface area contributed by atoms with Gasteiger partial charge in [-0.15, -0.1) is 0 Å². The molecule has 8 nitrogen and oxygen atoms in total. The number of halogens is 1. The molecule has 1 aromatic carbocycles. The van der Waals surface area contributed by atoms with Crippen LogP contribution in [0.25, 0.3) is 6.08 Å². The number of amides is 3. The van der Waals surface area contributed by atoms with Crippen molar-refractivity contribution < 1.29 is 28.6 Å². The van der Waals surface area contributed by atoms with Crippen molar-refractivity contribution in [2.75, 3.05) is 26.9 Å². The Morgan fingerprint density at radius 2 is 2.04 bits per heavy atom. The number of benzene rings is 1. The Balaban J connectivity index is 2.24. The zero-order chi connectivity index (χ0) is 20.0. The lowest BCUT2D eigenvalue weighted by molar-refractivity contribution is -0.145. The lowest BCUT2D eigenvalue weighted by Gasteiger charge is -2.13. The van der Waals surface area contributed by atoms with E-state index in [0.717, 1.165) is 0 Å². The highest BCUT2D eigenvalue weighted by molar-refractivity contribution is 14.1. The van der Waals surface area contributed by atoms with Crippen LogP contribution in [0, 0.1) is 3.57 Å². The maximum atomic E-state index is 12.3. The molecule has 1 saturated heterocycles. The zero-order valence-electron chi connectivity index (χ0n) is 15.3. The van der Waals surface area contributed by atoms with Gasteiger partial charge in [0.1, 0.15) is 5.70 Å². The second-order valence-corrected chi connectivity index (χ2v) is 6.73. The molecule has 0 saturated carbocycles. The summed E-state index contributed by atoms with van der Waals surface area (Å²) in [7, 11) is 1.48. The molecule has 0 aromatic heterocycles. The monoisotopic (exact) mass is 488 g/mol. The van der Waals surface area contributed by atoms with Gasteiger partial charge in [0.25, 0.3) is 5.91 Å². The quantitative estimate of drug-likeness (QED) is 0.262.